The second-order valence-corrected chi connectivity index (χ2v) is 11.3. The van der Waals surface area contributed by atoms with Gasteiger partial charge >= 0.3 is 0 Å². The van der Waals surface area contributed by atoms with Crippen LogP contribution in [0.1, 0.15) is 48.0 Å². The maximum Gasteiger partial charge on any atom is 0.248 e. The zero-order chi connectivity index (χ0) is 26.5. The monoisotopic (exact) mass is 489 g/mol. The van der Waals surface area contributed by atoms with E-state index in [-0.39, 0.29) is 42.2 Å². The standard InChI is InChI=1S/C27H43N3O5/c1-10-12-28(9)23(32)20-21-24(33)30(19(15-31)16(3)4)22(25(34)29(13-11-2)17(5)6)27(21)14-18(7)26(20,8)35-27/h10-11,16-22,31H,1-2,12-15H2,3-9H3/t18?,19-,20+,21-,22?,26-,27?/m0/s1. The molecule has 3 fully saturated rings. The van der Waals surface area contributed by atoms with Crippen LogP contribution < -0.4 is 0 Å². The van der Waals surface area contributed by atoms with Crippen molar-refractivity contribution < 1.29 is 24.2 Å². The zero-order valence-corrected chi connectivity index (χ0v) is 22.4. The van der Waals surface area contributed by atoms with Gasteiger partial charge in [-0.15, -0.1) is 13.2 Å². The van der Waals surface area contributed by atoms with Crippen LogP contribution in [-0.2, 0) is 19.1 Å². The third-order valence-electron chi connectivity index (χ3n) is 8.58. The highest BCUT2D eigenvalue weighted by Gasteiger charge is 2.80. The highest BCUT2D eigenvalue weighted by Crippen LogP contribution is 2.66. The van der Waals surface area contributed by atoms with Crippen molar-refractivity contribution in [1.82, 2.24) is 14.7 Å². The topological polar surface area (TPSA) is 90.4 Å². The summed E-state index contributed by atoms with van der Waals surface area (Å²) in [5, 5.41) is 10.3. The predicted octanol–water partition coefficient (Wildman–Crippen LogP) is 2.08. The molecule has 3 heterocycles. The van der Waals surface area contributed by atoms with E-state index in [0.29, 0.717) is 19.5 Å². The van der Waals surface area contributed by atoms with Crippen LogP contribution in [0.25, 0.3) is 0 Å². The predicted molar refractivity (Wildman–Crippen MR) is 134 cm³/mol. The minimum absolute atomic E-state index is 0.0357. The number of amides is 3. The number of hydrogen-bond acceptors (Lipinski definition) is 5. The molecule has 1 N–H and O–H groups in total. The molecule has 35 heavy (non-hydrogen) atoms. The van der Waals surface area contributed by atoms with Gasteiger partial charge in [0, 0.05) is 26.2 Å². The fraction of sp³-hybridized carbons (Fsp3) is 0.741. The molecule has 0 aromatic carbocycles. The average molecular weight is 490 g/mol. The van der Waals surface area contributed by atoms with Crippen molar-refractivity contribution >= 4 is 17.7 Å². The van der Waals surface area contributed by atoms with Gasteiger partial charge in [-0.3, -0.25) is 14.4 Å². The first kappa shape index (κ1) is 27.4. The number of nitrogens with zero attached hydrogens (tertiary/aromatic N) is 3. The lowest BCUT2D eigenvalue weighted by molar-refractivity contribution is -0.159. The van der Waals surface area contributed by atoms with E-state index in [9.17, 15) is 19.5 Å². The Morgan fingerprint density at radius 1 is 1.20 bits per heavy atom. The Balaban J connectivity index is 2.21. The number of ether oxygens (including phenoxy) is 1. The molecule has 3 unspecified atom stereocenters. The lowest BCUT2D eigenvalue weighted by Gasteiger charge is -2.41. The van der Waals surface area contributed by atoms with Crippen molar-refractivity contribution in [3.8, 4) is 0 Å². The normalized spacial score (nSPS) is 34.3. The van der Waals surface area contributed by atoms with E-state index in [2.05, 4.69) is 13.2 Å². The molecule has 8 nitrogen and oxygen atoms in total. The minimum atomic E-state index is -1.13. The van der Waals surface area contributed by atoms with E-state index in [1.54, 1.807) is 33.9 Å². The third-order valence-corrected chi connectivity index (χ3v) is 8.58. The summed E-state index contributed by atoms with van der Waals surface area (Å²) >= 11 is 0. The molecular weight excluding hydrogens is 446 g/mol. The van der Waals surface area contributed by atoms with E-state index in [4.69, 9.17) is 4.74 Å². The Morgan fingerprint density at radius 3 is 2.29 bits per heavy atom. The van der Waals surface area contributed by atoms with Gasteiger partial charge in [-0.25, -0.2) is 0 Å². The first-order valence-corrected chi connectivity index (χ1v) is 12.7. The van der Waals surface area contributed by atoms with Gasteiger partial charge in [0.15, 0.2) is 0 Å². The summed E-state index contributed by atoms with van der Waals surface area (Å²) in [6, 6.07) is -1.61. The summed E-state index contributed by atoms with van der Waals surface area (Å²) in [7, 11) is 1.70. The number of aliphatic hydroxyl groups is 1. The van der Waals surface area contributed by atoms with Crippen LogP contribution in [0.2, 0.25) is 0 Å². The number of likely N-dealkylation sites (N-methyl/N-ethyl adjacent to an activating group) is 1. The summed E-state index contributed by atoms with van der Waals surface area (Å²) in [5.41, 5.74) is -2.00. The molecule has 2 bridgehead atoms. The Bertz CT molecular complexity index is 888. The second-order valence-electron chi connectivity index (χ2n) is 11.3. The molecule has 0 aromatic heterocycles. The molecule has 0 radical (unpaired) electrons. The minimum Gasteiger partial charge on any atom is -0.394 e. The van der Waals surface area contributed by atoms with Crippen molar-refractivity contribution in [1.29, 1.82) is 0 Å². The van der Waals surface area contributed by atoms with Gasteiger partial charge in [0.2, 0.25) is 17.7 Å². The van der Waals surface area contributed by atoms with Crippen LogP contribution in [0.15, 0.2) is 25.3 Å². The molecule has 3 aliphatic heterocycles. The maximum atomic E-state index is 14.2. The number of carbonyl (C=O) groups excluding carboxylic acids is 3. The van der Waals surface area contributed by atoms with Crippen molar-refractivity contribution in [2.45, 2.75) is 77.3 Å². The summed E-state index contributed by atoms with van der Waals surface area (Å²) in [6.07, 6.45) is 3.82. The molecule has 8 heteroatoms. The molecule has 0 aromatic rings. The Labute approximate surface area is 210 Å². The molecule has 3 rings (SSSR count). The second kappa shape index (κ2) is 9.69. The maximum absolute atomic E-state index is 14.2. The lowest BCUT2D eigenvalue weighted by Crippen LogP contribution is -2.60. The van der Waals surface area contributed by atoms with E-state index in [0.717, 1.165) is 0 Å². The summed E-state index contributed by atoms with van der Waals surface area (Å²) in [5.74, 6) is -2.32. The molecule has 7 atom stereocenters. The molecule has 3 saturated heterocycles. The Morgan fingerprint density at radius 2 is 1.80 bits per heavy atom. The molecule has 1 spiro atoms. The zero-order valence-electron chi connectivity index (χ0n) is 22.4. The molecular formula is C27H43N3O5. The van der Waals surface area contributed by atoms with Crippen molar-refractivity contribution in [3.05, 3.63) is 25.3 Å². The first-order valence-electron chi connectivity index (χ1n) is 12.7. The number of likely N-dealkylation sites (tertiary alicyclic amines) is 1. The number of aliphatic hydroxyl groups excluding tert-OH is 1. The van der Waals surface area contributed by atoms with Gasteiger partial charge < -0.3 is 24.5 Å². The van der Waals surface area contributed by atoms with Gasteiger partial charge in [0.05, 0.1) is 30.1 Å². The highest BCUT2D eigenvalue weighted by molar-refractivity contribution is 5.99. The van der Waals surface area contributed by atoms with Gasteiger partial charge in [0.1, 0.15) is 11.6 Å². The molecule has 196 valence electrons. The van der Waals surface area contributed by atoms with E-state index in [1.165, 1.54) is 0 Å². The number of rotatable bonds is 10. The summed E-state index contributed by atoms with van der Waals surface area (Å²) < 4.78 is 6.77. The SMILES string of the molecule is C=CCN(C)C(=O)[C@H]1[C@H]2C(=O)N([C@@H](CO)C(C)C)C(C(=O)N(CC=C)C(C)C)C23CC(C)[C@]1(C)O3. The Kier molecular flexibility index (Phi) is 7.59. The van der Waals surface area contributed by atoms with Crippen LogP contribution in [0, 0.1) is 23.7 Å². The van der Waals surface area contributed by atoms with E-state index >= 15 is 0 Å². The molecule has 3 amide bonds. The van der Waals surface area contributed by atoms with Crippen LogP contribution in [0.5, 0.6) is 0 Å². The van der Waals surface area contributed by atoms with E-state index in [1.807, 2.05) is 41.5 Å². The van der Waals surface area contributed by atoms with Crippen LogP contribution in [-0.4, -0.2) is 93.6 Å². The quantitative estimate of drug-likeness (QED) is 0.475. The van der Waals surface area contributed by atoms with Gasteiger partial charge in [0.25, 0.3) is 0 Å². The summed E-state index contributed by atoms with van der Waals surface area (Å²) in [4.78, 5) is 47.0. The lowest BCUT2D eigenvalue weighted by atomic mass is 9.62. The van der Waals surface area contributed by atoms with E-state index < -0.39 is 35.1 Å². The Hall–Kier alpha value is -2.19. The van der Waals surface area contributed by atoms with Crippen molar-refractivity contribution in [2.24, 2.45) is 23.7 Å². The third kappa shape index (κ3) is 3.93. The summed E-state index contributed by atoms with van der Waals surface area (Å²) in [6.45, 7) is 19.6. The highest BCUT2D eigenvalue weighted by atomic mass is 16.5. The van der Waals surface area contributed by atoms with Crippen LogP contribution in [0.3, 0.4) is 0 Å². The molecule has 0 saturated carbocycles. The molecule has 3 aliphatic rings. The largest absolute Gasteiger partial charge is 0.394 e. The van der Waals surface area contributed by atoms with Crippen LogP contribution >= 0.6 is 0 Å². The fourth-order valence-electron chi connectivity index (χ4n) is 6.68. The van der Waals surface area contributed by atoms with Gasteiger partial charge in [-0.05, 0) is 39.0 Å². The smallest absolute Gasteiger partial charge is 0.248 e. The molecule has 0 aliphatic carbocycles. The van der Waals surface area contributed by atoms with Gasteiger partial charge in [-0.2, -0.15) is 0 Å². The van der Waals surface area contributed by atoms with Crippen molar-refractivity contribution in [2.75, 3.05) is 26.7 Å². The fourth-order valence-corrected chi connectivity index (χ4v) is 6.68. The number of fused-ring (bicyclic) bond motifs is 1. The van der Waals surface area contributed by atoms with Crippen molar-refractivity contribution in [3.63, 3.8) is 0 Å². The average Bonchev–Trinajstić information content (AvgIpc) is 3.28. The number of hydrogen-bond donors (Lipinski definition) is 1. The number of carbonyl (C=O) groups is 3. The first-order chi connectivity index (χ1) is 16.3. The van der Waals surface area contributed by atoms with Crippen LogP contribution in [0.4, 0.5) is 0 Å². The van der Waals surface area contributed by atoms with Gasteiger partial charge in [-0.1, -0.05) is 32.9 Å².